The maximum atomic E-state index is 12.0. The van der Waals surface area contributed by atoms with Crippen molar-refractivity contribution in [3.63, 3.8) is 0 Å². The molecule has 80 valence electrons. The molecule has 1 spiro atoms. The summed E-state index contributed by atoms with van der Waals surface area (Å²) in [7, 11) is 4.08. The molecule has 0 aromatic rings. The van der Waals surface area contributed by atoms with Crippen molar-refractivity contribution in [1.82, 2.24) is 15.1 Å². The Morgan fingerprint density at radius 1 is 1.57 bits per heavy atom. The summed E-state index contributed by atoms with van der Waals surface area (Å²) in [4.78, 5) is 16.0. The smallest absolute Gasteiger partial charge is 0.244 e. The molecule has 2 rings (SSSR count). The van der Waals surface area contributed by atoms with Crippen LogP contribution in [0, 0.1) is 0 Å². The predicted molar refractivity (Wildman–Crippen MR) is 54.8 cm³/mol. The van der Waals surface area contributed by atoms with Gasteiger partial charge in [-0.2, -0.15) is 0 Å². The SMILES string of the molecule is CC(CN(C)C)N1CNC2(CC2)C1=O. The lowest BCUT2D eigenvalue weighted by atomic mass is 10.2. The minimum atomic E-state index is -0.138. The molecular formula is C10H19N3O. The number of likely N-dealkylation sites (N-methyl/N-ethyl adjacent to an activating group) is 1. The first kappa shape index (κ1) is 9.93. The van der Waals surface area contributed by atoms with Crippen molar-refractivity contribution in [3.8, 4) is 0 Å². The van der Waals surface area contributed by atoms with E-state index < -0.39 is 0 Å². The molecule has 1 N–H and O–H groups in total. The highest BCUT2D eigenvalue weighted by atomic mass is 16.2. The van der Waals surface area contributed by atoms with E-state index in [0.717, 1.165) is 26.1 Å². The van der Waals surface area contributed by atoms with Crippen LogP contribution in [0.3, 0.4) is 0 Å². The van der Waals surface area contributed by atoms with Gasteiger partial charge in [-0.1, -0.05) is 0 Å². The monoisotopic (exact) mass is 197 g/mol. The summed E-state index contributed by atoms with van der Waals surface area (Å²) >= 11 is 0. The maximum Gasteiger partial charge on any atom is 0.244 e. The summed E-state index contributed by atoms with van der Waals surface area (Å²) < 4.78 is 0. The Kier molecular flexibility index (Phi) is 2.27. The third-order valence-corrected chi connectivity index (χ3v) is 3.17. The second-order valence-electron chi connectivity index (χ2n) is 4.80. The Bertz CT molecular complexity index is 248. The lowest BCUT2D eigenvalue weighted by molar-refractivity contribution is -0.131. The second kappa shape index (κ2) is 3.21. The van der Waals surface area contributed by atoms with Crippen LogP contribution in [0.4, 0.5) is 0 Å². The molecule has 2 aliphatic rings. The topological polar surface area (TPSA) is 35.6 Å². The van der Waals surface area contributed by atoms with Gasteiger partial charge in [-0.05, 0) is 33.9 Å². The number of hydrogen-bond donors (Lipinski definition) is 1. The molecular weight excluding hydrogens is 178 g/mol. The Morgan fingerprint density at radius 3 is 2.64 bits per heavy atom. The number of carbonyl (C=O) groups is 1. The minimum Gasteiger partial charge on any atom is -0.324 e. The van der Waals surface area contributed by atoms with Gasteiger partial charge >= 0.3 is 0 Å². The number of rotatable bonds is 3. The molecule has 0 radical (unpaired) electrons. The molecule has 1 atom stereocenters. The van der Waals surface area contributed by atoms with Gasteiger partial charge in [0, 0.05) is 12.6 Å². The van der Waals surface area contributed by atoms with Crippen molar-refractivity contribution in [2.75, 3.05) is 27.3 Å². The average molecular weight is 197 g/mol. The molecule has 2 fully saturated rings. The molecule has 4 heteroatoms. The summed E-state index contributed by atoms with van der Waals surface area (Å²) in [5.41, 5.74) is -0.138. The van der Waals surface area contributed by atoms with Gasteiger partial charge in [0.25, 0.3) is 0 Å². The Morgan fingerprint density at radius 2 is 2.21 bits per heavy atom. The van der Waals surface area contributed by atoms with E-state index in [0.29, 0.717) is 11.9 Å². The van der Waals surface area contributed by atoms with Crippen molar-refractivity contribution in [1.29, 1.82) is 0 Å². The highest BCUT2D eigenvalue weighted by Crippen LogP contribution is 2.40. The van der Waals surface area contributed by atoms with E-state index in [4.69, 9.17) is 0 Å². The molecule has 1 aliphatic heterocycles. The number of amides is 1. The molecule has 1 heterocycles. The van der Waals surface area contributed by atoms with E-state index in [2.05, 4.69) is 17.1 Å². The molecule has 4 nitrogen and oxygen atoms in total. The average Bonchev–Trinajstić information content (AvgIpc) is 2.76. The Hall–Kier alpha value is -0.610. The van der Waals surface area contributed by atoms with Crippen molar-refractivity contribution < 1.29 is 4.79 Å². The fraction of sp³-hybridized carbons (Fsp3) is 0.900. The van der Waals surface area contributed by atoms with Crippen molar-refractivity contribution in [3.05, 3.63) is 0 Å². The third kappa shape index (κ3) is 1.53. The zero-order valence-corrected chi connectivity index (χ0v) is 9.21. The first-order valence-electron chi connectivity index (χ1n) is 5.26. The molecule has 0 bridgehead atoms. The summed E-state index contributed by atoms with van der Waals surface area (Å²) in [5, 5.41) is 3.32. The van der Waals surface area contributed by atoms with Crippen molar-refractivity contribution >= 4 is 5.91 Å². The molecule has 1 unspecified atom stereocenters. The van der Waals surface area contributed by atoms with Gasteiger partial charge in [0.05, 0.1) is 12.2 Å². The molecule has 0 aromatic heterocycles. The van der Waals surface area contributed by atoms with E-state index >= 15 is 0 Å². The van der Waals surface area contributed by atoms with Crippen LogP contribution in [0.15, 0.2) is 0 Å². The highest BCUT2D eigenvalue weighted by Gasteiger charge is 2.56. The summed E-state index contributed by atoms with van der Waals surface area (Å²) in [6, 6.07) is 0.310. The van der Waals surface area contributed by atoms with Gasteiger partial charge in [-0.15, -0.1) is 0 Å². The Balaban J connectivity index is 1.96. The minimum absolute atomic E-state index is 0.138. The number of carbonyl (C=O) groups excluding carboxylic acids is 1. The van der Waals surface area contributed by atoms with Gasteiger partial charge in [0.2, 0.25) is 5.91 Å². The quantitative estimate of drug-likeness (QED) is 0.684. The molecule has 14 heavy (non-hydrogen) atoms. The first-order valence-corrected chi connectivity index (χ1v) is 5.26. The highest BCUT2D eigenvalue weighted by molar-refractivity contribution is 5.91. The number of nitrogens with zero attached hydrogens (tertiary/aromatic N) is 2. The summed E-state index contributed by atoms with van der Waals surface area (Å²) in [6.45, 7) is 3.78. The van der Waals surface area contributed by atoms with Gasteiger partial charge in [0.15, 0.2) is 0 Å². The van der Waals surface area contributed by atoms with Gasteiger partial charge in [0.1, 0.15) is 0 Å². The van der Waals surface area contributed by atoms with Crippen LogP contribution in [-0.4, -0.2) is 54.6 Å². The van der Waals surface area contributed by atoms with E-state index in [1.54, 1.807) is 0 Å². The van der Waals surface area contributed by atoms with Crippen molar-refractivity contribution in [2.24, 2.45) is 0 Å². The number of hydrogen-bond acceptors (Lipinski definition) is 3. The lowest BCUT2D eigenvalue weighted by Gasteiger charge is -2.26. The molecule has 1 amide bonds. The van der Waals surface area contributed by atoms with E-state index in [1.165, 1.54) is 0 Å². The van der Waals surface area contributed by atoms with Gasteiger partial charge in [-0.25, -0.2) is 0 Å². The third-order valence-electron chi connectivity index (χ3n) is 3.17. The summed E-state index contributed by atoms with van der Waals surface area (Å²) in [5.74, 6) is 0.312. The van der Waals surface area contributed by atoms with Crippen LogP contribution in [0.1, 0.15) is 19.8 Å². The van der Waals surface area contributed by atoms with Crippen LogP contribution >= 0.6 is 0 Å². The van der Waals surface area contributed by atoms with Crippen LogP contribution in [0.5, 0.6) is 0 Å². The van der Waals surface area contributed by atoms with Crippen molar-refractivity contribution in [2.45, 2.75) is 31.3 Å². The zero-order chi connectivity index (χ0) is 10.3. The largest absolute Gasteiger partial charge is 0.324 e. The van der Waals surface area contributed by atoms with E-state index in [1.807, 2.05) is 19.0 Å². The summed E-state index contributed by atoms with van der Waals surface area (Å²) in [6.07, 6.45) is 2.05. The van der Waals surface area contributed by atoms with E-state index in [-0.39, 0.29) is 5.54 Å². The molecule has 1 saturated heterocycles. The van der Waals surface area contributed by atoms with Gasteiger partial charge < -0.3 is 9.80 Å². The molecule has 1 aliphatic carbocycles. The molecule has 0 aromatic carbocycles. The predicted octanol–water partition coefficient (Wildman–Crippen LogP) is -0.142. The fourth-order valence-corrected chi connectivity index (χ4v) is 2.16. The van der Waals surface area contributed by atoms with Crippen LogP contribution in [-0.2, 0) is 4.79 Å². The maximum absolute atomic E-state index is 12.0. The van der Waals surface area contributed by atoms with Gasteiger partial charge in [-0.3, -0.25) is 10.1 Å². The van der Waals surface area contributed by atoms with Crippen LogP contribution in [0.25, 0.3) is 0 Å². The molecule has 1 saturated carbocycles. The Labute approximate surface area is 85.2 Å². The van der Waals surface area contributed by atoms with E-state index in [9.17, 15) is 4.79 Å². The van der Waals surface area contributed by atoms with Crippen LogP contribution in [0.2, 0.25) is 0 Å². The lowest BCUT2D eigenvalue weighted by Crippen LogP contribution is -2.42. The fourth-order valence-electron chi connectivity index (χ4n) is 2.16. The standard InChI is InChI=1S/C10H19N3O/c1-8(6-12(2)3)13-7-11-10(4-5-10)9(13)14/h8,11H,4-7H2,1-3H3. The first-order chi connectivity index (χ1) is 6.55. The van der Waals surface area contributed by atoms with Crippen LogP contribution < -0.4 is 5.32 Å². The zero-order valence-electron chi connectivity index (χ0n) is 9.21. The second-order valence-corrected chi connectivity index (χ2v) is 4.80. The normalized spacial score (nSPS) is 26.3. The number of nitrogens with one attached hydrogen (secondary N) is 1.